The minimum atomic E-state index is -0.0919. The van der Waals surface area contributed by atoms with Crippen LogP contribution in [0.3, 0.4) is 0 Å². The van der Waals surface area contributed by atoms with E-state index >= 15 is 0 Å². The van der Waals surface area contributed by atoms with Crippen LogP contribution in [-0.2, 0) is 6.61 Å². The maximum atomic E-state index is 8.78. The fraction of sp³-hybridized carbons (Fsp3) is 0.222. The first-order valence-electron chi connectivity index (χ1n) is 4.26. The summed E-state index contributed by atoms with van der Waals surface area (Å²) in [6.07, 6.45) is 1.82. The number of aliphatic hydroxyl groups is 1. The van der Waals surface area contributed by atoms with Gasteiger partial charge in [-0.3, -0.25) is 0 Å². The molecule has 2 aromatic rings. The van der Waals surface area contributed by atoms with E-state index in [1.807, 2.05) is 19.2 Å². The Labute approximate surface area is 81.0 Å². The minimum absolute atomic E-state index is 0.0919. The molecular formula is C9H10N4O. The molecule has 1 N–H and O–H groups in total. The molecule has 2 heterocycles. The number of aliphatic hydroxyl groups excluding tert-OH is 1. The van der Waals surface area contributed by atoms with Gasteiger partial charge >= 0.3 is 0 Å². The van der Waals surface area contributed by atoms with E-state index in [-0.39, 0.29) is 6.61 Å². The molecule has 0 aliphatic heterocycles. The first kappa shape index (κ1) is 8.83. The normalized spacial score (nSPS) is 10.4. The second kappa shape index (κ2) is 3.55. The van der Waals surface area contributed by atoms with Crippen LogP contribution in [0.4, 0.5) is 0 Å². The van der Waals surface area contributed by atoms with E-state index in [2.05, 4.69) is 15.3 Å². The van der Waals surface area contributed by atoms with E-state index in [0.29, 0.717) is 11.5 Å². The molecule has 2 rings (SSSR count). The summed E-state index contributed by atoms with van der Waals surface area (Å²) in [5, 5.41) is 20.7. The second-order valence-electron chi connectivity index (χ2n) is 2.94. The Morgan fingerprint density at radius 1 is 1.29 bits per heavy atom. The van der Waals surface area contributed by atoms with Gasteiger partial charge in [0.25, 0.3) is 0 Å². The predicted molar refractivity (Wildman–Crippen MR) is 49.8 cm³/mol. The molecule has 0 spiro atoms. The maximum Gasteiger partial charge on any atom is 0.175 e. The fourth-order valence-corrected chi connectivity index (χ4v) is 1.10. The van der Waals surface area contributed by atoms with Crippen LogP contribution < -0.4 is 0 Å². The molecular weight excluding hydrogens is 180 g/mol. The quantitative estimate of drug-likeness (QED) is 0.747. The molecule has 0 saturated carbocycles. The van der Waals surface area contributed by atoms with E-state index in [1.54, 1.807) is 16.8 Å². The second-order valence-corrected chi connectivity index (χ2v) is 2.94. The van der Waals surface area contributed by atoms with E-state index in [4.69, 9.17) is 5.11 Å². The van der Waals surface area contributed by atoms with Crippen LogP contribution in [-0.4, -0.2) is 25.1 Å². The van der Waals surface area contributed by atoms with Crippen LogP contribution in [0.1, 0.15) is 11.4 Å². The Morgan fingerprint density at radius 3 is 2.64 bits per heavy atom. The van der Waals surface area contributed by atoms with E-state index in [9.17, 15) is 0 Å². The lowest BCUT2D eigenvalue weighted by Gasteiger charge is -1.99. The molecule has 0 aliphatic carbocycles. The average Bonchev–Trinajstić information content (AvgIpc) is 2.65. The highest BCUT2D eigenvalue weighted by molar-refractivity contribution is 5.20. The topological polar surface area (TPSA) is 63.8 Å². The van der Waals surface area contributed by atoms with E-state index in [1.165, 1.54) is 0 Å². The van der Waals surface area contributed by atoms with Gasteiger partial charge in [-0.25, -0.2) is 4.68 Å². The SMILES string of the molecule is Cc1ccn(-c2ccc(CO)nn2)n1. The van der Waals surface area contributed by atoms with Crippen molar-refractivity contribution >= 4 is 0 Å². The zero-order valence-electron chi connectivity index (χ0n) is 7.75. The van der Waals surface area contributed by atoms with Crippen LogP contribution in [0.5, 0.6) is 0 Å². The minimum Gasteiger partial charge on any atom is -0.390 e. The van der Waals surface area contributed by atoms with Crippen molar-refractivity contribution in [1.82, 2.24) is 20.0 Å². The van der Waals surface area contributed by atoms with Gasteiger partial charge in [-0.05, 0) is 25.1 Å². The van der Waals surface area contributed by atoms with Crippen molar-refractivity contribution in [2.75, 3.05) is 0 Å². The van der Waals surface area contributed by atoms with Gasteiger partial charge in [0, 0.05) is 6.20 Å². The van der Waals surface area contributed by atoms with Crippen LogP contribution in [0.2, 0.25) is 0 Å². The summed E-state index contributed by atoms with van der Waals surface area (Å²) in [6, 6.07) is 5.38. The van der Waals surface area contributed by atoms with Crippen molar-refractivity contribution in [1.29, 1.82) is 0 Å². The standard InChI is InChI=1S/C9H10N4O/c1-7-4-5-13(12-7)9-3-2-8(6-14)10-11-9/h2-5,14H,6H2,1H3. The zero-order chi connectivity index (χ0) is 9.97. The molecule has 0 bridgehead atoms. The summed E-state index contributed by atoms with van der Waals surface area (Å²) in [6.45, 7) is 1.82. The van der Waals surface area contributed by atoms with Crippen molar-refractivity contribution in [3.8, 4) is 5.82 Å². The molecule has 5 nitrogen and oxygen atoms in total. The highest BCUT2D eigenvalue weighted by Gasteiger charge is 2.00. The highest BCUT2D eigenvalue weighted by atomic mass is 16.3. The van der Waals surface area contributed by atoms with Gasteiger partial charge in [0.15, 0.2) is 5.82 Å². The molecule has 0 aromatic carbocycles. The Hall–Kier alpha value is -1.75. The van der Waals surface area contributed by atoms with Gasteiger partial charge in [0.2, 0.25) is 0 Å². The maximum absolute atomic E-state index is 8.78. The number of hydrogen-bond acceptors (Lipinski definition) is 4. The van der Waals surface area contributed by atoms with Crippen LogP contribution in [0.25, 0.3) is 5.82 Å². The molecule has 0 radical (unpaired) electrons. The Balaban J connectivity index is 2.33. The van der Waals surface area contributed by atoms with E-state index < -0.39 is 0 Å². The Morgan fingerprint density at radius 2 is 2.14 bits per heavy atom. The lowest BCUT2D eigenvalue weighted by atomic mass is 10.4. The molecule has 0 amide bonds. The molecule has 0 atom stereocenters. The molecule has 0 saturated heterocycles. The fourth-order valence-electron chi connectivity index (χ4n) is 1.10. The summed E-state index contributed by atoms with van der Waals surface area (Å²) in [5.41, 5.74) is 1.48. The number of nitrogens with zero attached hydrogens (tertiary/aromatic N) is 4. The van der Waals surface area contributed by atoms with Crippen LogP contribution >= 0.6 is 0 Å². The predicted octanol–water partition coefficient (Wildman–Crippen LogP) is 0.463. The largest absolute Gasteiger partial charge is 0.390 e. The molecule has 5 heteroatoms. The summed E-state index contributed by atoms with van der Waals surface area (Å²) in [4.78, 5) is 0. The number of hydrogen-bond donors (Lipinski definition) is 1. The molecule has 72 valence electrons. The third-order valence-electron chi connectivity index (χ3n) is 1.82. The highest BCUT2D eigenvalue weighted by Crippen LogP contribution is 2.03. The van der Waals surface area contributed by atoms with Gasteiger partial charge in [0.05, 0.1) is 18.0 Å². The summed E-state index contributed by atoms with van der Waals surface area (Å²) in [5.74, 6) is 0.648. The van der Waals surface area contributed by atoms with Crippen molar-refractivity contribution in [3.05, 3.63) is 35.8 Å². The van der Waals surface area contributed by atoms with E-state index in [0.717, 1.165) is 5.69 Å². The lowest BCUT2D eigenvalue weighted by Crippen LogP contribution is -2.01. The average molecular weight is 190 g/mol. The van der Waals surface area contributed by atoms with Crippen molar-refractivity contribution in [3.63, 3.8) is 0 Å². The van der Waals surface area contributed by atoms with Gasteiger partial charge in [-0.15, -0.1) is 5.10 Å². The Kier molecular flexibility index (Phi) is 2.24. The number of aryl methyl sites for hydroxylation is 1. The lowest BCUT2D eigenvalue weighted by molar-refractivity contribution is 0.275. The van der Waals surface area contributed by atoms with Crippen LogP contribution in [0.15, 0.2) is 24.4 Å². The van der Waals surface area contributed by atoms with Crippen molar-refractivity contribution < 1.29 is 5.11 Å². The smallest absolute Gasteiger partial charge is 0.175 e. The van der Waals surface area contributed by atoms with Gasteiger partial charge in [-0.2, -0.15) is 10.2 Å². The zero-order valence-corrected chi connectivity index (χ0v) is 7.75. The third-order valence-corrected chi connectivity index (χ3v) is 1.82. The number of rotatable bonds is 2. The molecule has 0 unspecified atom stereocenters. The van der Waals surface area contributed by atoms with Crippen LogP contribution in [0, 0.1) is 6.92 Å². The molecule has 0 aliphatic rings. The summed E-state index contributed by atoms with van der Waals surface area (Å²) in [7, 11) is 0. The van der Waals surface area contributed by atoms with Crippen molar-refractivity contribution in [2.24, 2.45) is 0 Å². The summed E-state index contributed by atoms with van der Waals surface area (Å²) < 4.78 is 1.64. The Bertz CT molecular complexity index is 421. The first-order valence-corrected chi connectivity index (χ1v) is 4.26. The van der Waals surface area contributed by atoms with Gasteiger partial charge < -0.3 is 5.11 Å². The van der Waals surface area contributed by atoms with Crippen molar-refractivity contribution in [2.45, 2.75) is 13.5 Å². The summed E-state index contributed by atoms with van der Waals surface area (Å²) >= 11 is 0. The molecule has 14 heavy (non-hydrogen) atoms. The first-order chi connectivity index (χ1) is 6.79. The van der Waals surface area contributed by atoms with Gasteiger partial charge in [0.1, 0.15) is 0 Å². The third kappa shape index (κ3) is 1.62. The monoisotopic (exact) mass is 190 g/mol. The number of aromatic nitrogens is 4. The molecule has 2 aromatic heterocycles. The molecule has 0 fully saturated rings. The van der Waals surface area contributed by atoms with Gasteiger partial charge in [-0.1, -0.05) is 0 Å².